The fraction of sp³-hybridized carbons (Fsp3) is 0.600. The Kier molecular flexibility index (Phi) is 6.40. The van der Waals surface area contributed by atoms with E-state index in [9.17, 15) is 19.2 Å². The fourth-order valence-corrected chi connectivity index (χ4v) is 1.55. The van der Waals surface area contributed by atoms with Gasteiger partial charge in [-0.2, -0.15) is 0 Å². The van der Waals surface area contributed by atoms with Crippen LogP contribution in [0.4, 0.5) is 0 Å². The summed E-state index contributed by atoms with van der Waals surface area (Å²) in [5.41, 5.74) is 0. The van der Waals surface area contributed by atoms with Gasteiger partial charge in [0.05, 0.1) is 11.8 Å². The van der Waals surface area contributed by atoms with Crippen molar-refractivity contribution in [2.75, 3.05) is 0 Å². The smallest absolute Gasteiger partial charge is 0.307 e. The van der Waals surface area contributed by atoms with Gasteiger partial charge in [-0.25, -0.2) is 0 Å². The van der Waals surface area contributed by atoms with Gasteiger partial charge in [0.15, 0.2) is 0 Å². The lowest BCUT2D eigenvalue weighted by Gasteiger charge is -2.18. The van der Waals surface area contributed by atoms with Crippen LogP contribution < -0.4 is 0 Å². The number of hydrogen-bond donors (Lipinski definition) is 4. The van der Waals surface area contributed by atoms with E-state index >= 15 is 0 Å². The maximum Gasteiger partial charge on any atom is 0.307 e. The van der Waals surface area contributed by atoms with Crippen LogP contribution in [0, 0.1) is 11.8 Å². The molecule has 0 saturated carbocycles. The highest BCUT2D eigenvalue weighted by molar-refractivity contribution is 5.81. The fourth-order valence-electron chi connectivity index (χ4n) is 1.55. The van der Waals surface area contributed by atoms with E-state index in [1.165, 1.54) is 0 Å². The van der Waals surface area contributed by atoms with Crippen molar-refractivity contribution in [2.45, 2.75) is 25.7 Å². The zero-order chi connectivity index (χ0) is 14.3. The number of hydrogen-bond acceptors (Lipinski definition) is 4. The molecule has 0 fully saturated rings. The number of carboxylic acid groups (broad SMARTS) is 4. The van der Waals surface area contributed by atoms with Gasteiger partial charge in [-0.3, -0.25) is 19.2 Å². The van der Waals surface area contributed by atoms with Gasteiger partial charge in [0.1, 0.15) is 0 Å². The topological polar surface area (TPSA) is 149 Å². The average molecular weight is 262 g/mol. The minimum atomic E-state index is -1.44. The van der Waals surface area contributed by atoms with Crippen LogP contribution in [0.25, 0.3) is 0 Å². The SMILES string of the molecule is O=C(O)CCC(C(=O)O)C(CCC(=O)O)C(=O)O. The Morgan fingerprint density at radius 3 is 1.11 bits per heavy atom. The predicted molar refractivity (Wildman–Crippen MR) is 56.0 cm³/mol. The van der Waals surface area contributed by atoms with E-state index in [1.807, 2.05) is 0 Å². The second-order valence-corrected chi connectivity index (χ2v) is 3.75. The normalized spacial score (nSPS) is 13.6. The molecule has 0 rings (SSSR count). The van der Waals surface area contributed by atoms with Crippen molar-refractivity contribution in [1.82, 2.24) is 0 Å². The van der Waals surface area contributed by atoms with Crippen LogP contribution in [-0.4, -0.2) is 44.3 Å². The molecule has 0 aromatic carbocycles. The summed E-state index contributed by atoms with van der Waals surface area (Å²) in [5, 5.41) is 34.6. The third-order valence-electron chi connectivity index (χ3n) is 2.46. The summed E-state index contributed by atoms with van der Waals surface area (Å²) in [6.45, 7) is 0. The third-order valence-corrected chi connectivity index (χ3v) is 2.46. The summed E-state index contributed by atoms with van der Waals surface area (Å²) in [6, 6.07) is 0. The molecule has 8 heteroatoms. The van der Waals surface area contributed by atoms with Gasteiger partial charge in [-0.05, 0) is 12.8 Å². The van der Waals surface area contributed by atoms with Gasteiger partial charge in [0, 0.05) is 12.8 Å². The lowest BCUT2D eigenvalue weighted by atomic mass is 9.85. The number of carboxylic acids is 4. The van der Waals surface area contributed by atoms with E-state index in [0.29, 0.717) is 0 Å². The molecule has 0 bridgehead atoms. The Bertz CT molecular complexity index is 314. The van der Waals surface area contributed by atoms with Gasteiger partial charge >= 0.3 is 23.9 Å². The van der Waals surface area contributed by atoms with Gasteiger partial charge in [-0.1, -0.05) is 0 Å². The molecule has 0 aromatic rings. The molecule has 18 heavy (non-hydrogen) atoms. The molecule has 2 atom stereocenters. The number of aliphatic carboxylic acids is 4. The summed E-state index contributed by atoms with van der Waals surface area (Å²) in [6.07, 6.45) is -1.65. The molecular weight excluding hydrogens is 248 g/mol. The second-order valence-electron chi connectivity index (χ2n) is 3.75. The maximum atomic E-state index is 10.9. The average Bonchev–Trinajstić information content (AvgIpc) is 2.20. The minimum Gasteiger partial charge on any atom is -0.481 e. The molecule has 0 aliphatic carbocycles. The predicted octanol–water partition coefficient (Wildman–Crippen LogP) is 0.118. The monoisotopic (exact) mass is 262 g/mol. The van der Waals surface area contributed by atoms with Crippen LogP contribution in [0.5, 0.6) is 0 Å². The summed E-state index contributed by atoms with van der Waals surface area (Å²) in [7, 11) is 0. The van der Waals surface area contributed by atoms with Crippen LogP contribution in [0.1, 0.15) is 25.7 Å². The molecule has 2 unspecified atom stereocenters. The van der Waals surface area contributed by atoms with Crippen molar-refractivity contribution in [3.63, 3.8) is 0 Å². The standard InChI is InChI=1S/C10H14O8/c11-7(12)3-1-5(9(15)16)6(10(17)18)2-4-8(13)14/h5-6H,1-4H2,(H,11,12)(H,13,14)(H,15,16)(H,17,18). The van der Waals surface area contributed by atoms with Gasteiger partial charge < -0.3 is 20.4 Å². The summed E-state index contributed by atoms with van der Waals surface area (Å²) < 4.78 is 0. The van der Waals surface area contributed by atoms with Gasteiger partial charge in [0.25, 0.3) is 0 Å². The minimum absolute atomic E-state index is 0.346. The van der Waals surface area contributed by atoms with E-state index in [4.69, 9.17) is 20.4 Å². The van der Waals surface area contributed by atoms with E-state index in [0.717, 1.165) is 0 Å². The van der Waals surface area contributed by atoms with Crippen molar-refractivity contribution < 1.29 is 39.6 Å². The molecule has 0 aliphatic rings. The molecular formula is C10H14O8. The van der Waals surface area contributed by atoms with Gasteiger partial charge in [-0.15, -0.1) is 0 Å². The quantitative estimate of drug-likeness (QED) is 0.457. The molecule has 0 radical (unpaired) electrons. The zero-order valence-corrected chi connectivity index (χ0v) is 9.40. The first-order valence-corrected chi connectivity index (χ1v) is 5.15. The van der Waals surface area contributed by atoms with E-state index in [-0.39, 0.29) is 12.8 Å². The molecule has 0 amide bonds. The van der Waals surface area contributed by atoms with Crippen molar-refractivity contribution >= 4 is 23.9 Å². The van der Waals surface area contributed by atoms with Gasteiger partial charge in [0.2, 0.25) is 0 Å². The largest absolute Gasteiger partial charge is 0.481 e. The molecule has 102 valence electrons. The van der Waals surface area contributed by atoms with Crippen LogP contribution in [0.15, 0.2) is 0 Å². The Morgan fingerprint density at radius 1 is 0.667 bits per heavy atom. The molecule has 8 nitrogen and oxygen atoms in total. The van der Waals surface area contributed by atoms with Crippen LogP contribution in [0.2, 0.25) is 0 Å². The lowest BCUT2D eigenvalue weighted by Crippen LogP contribution is -2.31. The molecule has 0 saturated heterocycles. The Balaban J connectivity index is 4.76. The van der Waals surface area contributed by atoms with Crippen molar-refractivity contribution in [2.24, 2.45) is 11.8 Å². The Morgan fingerprint density at radius 2 is 0.944 bits per heavy atom. The maximum absolute atomic E-state index is 10.9. The summed E-state index contributed by atoms with van der Waals surface area (Å²) in [5.74, 6) is -8.15. The highest BCUT2D eigenvalue weighted by Crippen LogP contribution is 2.23. The Labute approximate surface area is 102 Å². The van der Waals surface area contributed by atoms with E-state index in [2.05, 4.69) is 0 Å². The van der Waals surface area contributed by atoms with Crippen molar-refractivity contribution in [3.8, 4) is 0 Å². The first-order valence-electron chi connectivity index (χ1n) is 5.15. The van der Waals surface area contributed by atoms with Crippen LogP contribution in [-0.2, 0) is 19.2 Å². The molecule has 0 spiro atoms. The lowest BCUT2D eigenvalue weighted by molar-refractivity contribution is -0.155. The van der Waals surface area contributed by atoms with Crippen LogP contribution >= 0.6 is 0 Å². The third kappa shape index (κ3) is 5.83. The van der Waals surface area contributed by atoms with Crippen LogP contribution in [0.3, 0.4) is 0 Å². The van der Waals surface area contributed by atoms with E-state index < -0.39 is 48.6 Å². The Hall–Kier alpha value is -2.12. The summed E-state index contributed by atoms with van der Waals surface area (Å²) >= 11 is 0. The first-order chi connectivity index (χ1) is 8.25. The highest BCUT2D eigenvalue weighted by atomic mass is 16.4. The van der Waals surface area contributed by atoms with Crippen molar-refractivity contribution in [3.05, 3.63) is 0 Å². The van der Waals surface area contributed by atoms with E-state index in [1.54, 1.807) is 0 Å². The number of rotatable bonds is 9. The number of carbonyl (C=O) groups is 4. The van der Waals surface area contributed by atoms with Crippen molar-refractivity contribution in [1.29, 1.82) is 0 Å². The summed E-state index contributed by atoms with van der Waals surface area (Å²) in [4.78, 5) is 42.5. The second kappa shape index (κ2) is 7.25. The molecule has 4 N–H and O–H groups in total. The first kappa shape index (κ1) is 15.9. The zero-order valence-electron chi connectivity index (χ0n) is 9.40. The molecule has 0 heterocycles. The molecule has 0 aliphatic heterocycles. The molecule has 0 aromatic heterocycles. The highest BCUT2D eigenvalue weighted by Gasteiger charge is 2.34.